The number of benzene rings is 1. The van der Waals surface area contributed by atoms with Gasteiger partial charge in [0.1, 0.15) is 0 Å². The molecule has 0 spiro atoms. The van der Waals surface area contributed by atoms with Crippen LogP contribution in [0.15, 0.2) is 24.3 Å². The quantitative estimate of drug-likeness (QED) is 0.510. The third kappa shape index (κ3) is 2.99. The minimum atomic E-state index is 0.288. The van der Waals surface area contributed by atoms with E-state index in [1.165, 1.54) is 6.42 Å². The fraction of sp³-hybridized carbons (Fsp3) is 0.462. The predicted molar refractivity (Wildman–Crippen MR) is 59.7 cm³/mol. The molecule has 0 N–H and O–H groups in total. The van der Waals surface area contributed by atoms with Crippen molar-refractivity contribution in [1.29, 1.82) is 0 Å². The number of hydrogen-bond acceptors (Lipinski definition) is 1. The van der Waals surface area contributed by atoms with E-state index in [2.05, 4.69) is 6.92 Å². The molecule has 1 rings (SSSR count). The standard InChI is InChI=1S/C13H18O/c1-3-4-5-10-13(14)12-9-7-6-8-11(12)2/h6-9H,3-5,10H2,1-2H3. The van der Waals surface area contributed by atoms with Crippen LogP contribution < -0.4 is 0 Å². The molecule has 1 nitrogen and oxygen atoms in total. The van der Waals surface area contributed by atoms with Crippen molar-refractivity contribution < 1.29 is 4.79 Å². The van der Waals surface area contributed by atoms with E-state index in [1.54, 1.807) is 0 Å². The number of unbranched alkanes of at least 4 members (excludes halogenated alkanes) is 2. The molecule has 0 aromatic heterocycles. The van der Waals surface area contributed by atoms with Crippen LogP contribution in [0.25, 0.3) is 0 Å². The summed E-state index contributed by atoms with van der Waals surface area (Å²) in [6, 6.07) is 7.81. The molecular weight excluding hydrogens is 172 g/mol. The summed E-state index contributed by atoms with van der Waals surface area (Å²) in [6.45, 7) is 4.14. The lowest BCUT2D eigenvalue weighted by atomic mass is 10.0. The maximum atomic E-state index is 11.7. The monoisotopic (exact) mass is 190 g/mol. The molecule has 14 heavy (non-hydrogen) atoms. The fourth-order valence-corrected chi connectivity index (χ4v) is 1.56. The highest BCUT2D eigenvalue weighted by atomic mass is 16.1. The van der Waals surface area contributed by atoms with Crippen molar-refractivity contribution in [1.82, 2.24) is 0 Å². The smallest absolute Gasteiger partial charge is 0.163 e. The highest BCUT2D eigenvalue weighted by Crippen LogP contribution is 2.12. The summed E-state index contributed by atoms with van der Waals surface area (Å²) in [5, 5.41) is 0. The molecule has 0 fully saturated rings. The van der Waals surface area contributed by atoms with E-state index in [0.717, 1.165) is 24.0 Å². The zero-order valence-electron chi connectivity index (χ0n) is 9.05. The number of carbonyl (C=O) groups excluding carboxylic acids is 1. The van der Waals surface area contributed by atoms with Crippen molar-refractivity contribution in [3.8, 4) is 0 Å². The largest absolute Gasteiger partial charge is 0.294 e. The van der Waals surface area contributed by atoms with Crippen molar-refractivity contribution in [3.05, 3.63) is 35.4 Å². The van der Waals surface area contributed by atoms with Gasteiger partial charge in [0.25, 0.3) is 0 Å². The maximum Gasteiger partial charge on any atom is 0.163 e. The Morgan fingerprint density at radius 1 is 1.21 bits per heavy atom. The van der Waals surface area contributed by atoms with E-state index in [0.29, 0.717) is 6.42 Å². The third-order valence-electron chi connectivity index (χ3n) is 2.45. The Labute approximate surface area is 86.1 Å². The van der Waals surface area contributed by atoms with E-state index in [9.17, 15) is 4.79 Å². The molecule has 0 aliphatic rings. The molecule has 1 aromatic carbocycles. The molecule has 0 aliphatic heterocycles. The van der Waals surface area contributed by atoms with Gasteiger partial charge < -0.3 is 0 Å². The fourth-order valence-electron chi connectivity index (χ4n) is 1.56. The van der Waals surface area contributed by atoms with E-state index in [1.807, 2.05) is 31.2 Å². The van der Waals surface area contributed by atoms with Crippen molar-refractivity contribution in [2.24, 2.45) is 0 Å². The van der Waals surface area contributed by atoms with Gasteiger partial charge in [-0.25, -0.2) is 0 Å². The molecule has 0 radical (unpaired) electrons. The van der Waals surface area contributed by atoms with Crippen LogP contribution in [-0.4, -0.2) is 5.78 Å². The molecule has 1 heteroatoms. The first-order valence-electron chi connectivity index (χ1n) is 5.34. The van der Waals surface area contributed by atoms with E-state index in [-0.39, 0.29) is 5.78 Å². The van der Waals surface area contributed by atoms with Gasteiger partial charge in [0.15, 0.2) is 5.78 Å². The van der Waals surface area contributed by atoms with Crippen LogP contribution in [0.2, 0.25) is 0 Å². The van der Waals surface area contributed by atoms with Crippen molar-refractivity contribution in [3.63, 3.8) is 0 Å². The Balaban J connectivity index is 2.56. The zero-order valence-corrected chi connectivity index (χ0v) is 9.05. The van der Waals surface area contributed by atoms with Gasteiger partial charge in [-0.2, -0.15) is 0 Å². The van der Waals surface area contributed by atoms with E-state index < -0.39 is 0 Å². The molecule has 1 aromatic rings. The van der Waals surface area contributed by atoms with Gasteiger partial charge in [-0.15, -0.1) is 0 Å². The maximum absolute atomic E-state index is 11.7. The molecule has 0 unspecified atom stereocenters. The second kappa shape index (κ2) is 5.58. The van der Waals surface area contributed by atoms with Crippen LogP contribution >= 0.6 is 0 Å². The predicted octanol–water partition coefficient (Wildman–Crippen LogP) is 3.76. The topological polar surface area (TPSA) is 17.1 Å². The van der Waals surface area contributed by atoms with Crippen LogP contribution in [0.5, 0.6) is 0 Å². The number of hydrogen-bond donors (Lipinski definition) is 0. The summed E-state index contributed by atoms with van der Waals surface area (Å²) in [4.78, 5) is 11.7. The average Bonchev–Trinajstić information content (AvgIpc) is 2.18. The molecule has 0 heterocycles. The van der Waals surface area contributed by atoms with Crippen molar-refractivity contribution in [2.45, 2.75) is 39.5 Å². The summed E-state index contributed by atoms with van der Waals surface area (Å²) >= 11 is 0. The van der Waals surface area contributed by atoms with Crippen LogP contribution in [0.3, 0.4) is 0 Å². The molecule has 0 saturated heterocycles. The Kier molecular flexibility index (Phi) is 4.37. The van der Waals surface area contributed by atoms with Gasteiger partial charge in [0.05, 0.1) is 0 Å². The van der Waals surface area contributed by atoms with Crippen LogP contribution in [0, 0.1) is 6.92 Å². The summed E-state index contributed by atoms with van der Waals surface area (Å²) in [6.07, 6.45) is 4.03. The van der Waals surface area contributed by atoms with Crippen LogP contribution in [-0.2, 0) is 0 Å². The van der Waals surface area contributed by atoms with Gasteiger partial charge in [-0.1, -0.05) is 44.0 Å². The van der Waals surface area contributed by atoms with Crippen LogP contribution in [0.1, 0.15) is 48.5 Å². The number of carbonyl (C=O) groups is 1. The molecule has 0 atom stereocenters. The summed E-state index contributed by atoms with van der Waals surface area (Å²) in [5.74, 6) is 0.288. The number of rotatable bonds is 5. The van der Waals surface area contributed by atoms with Crippen molar-refractivity contribution in [2.75, 3.05) is 0 Å². The number of Topliss-reactive ketones (excluding diaryl/α,β-unsaturated/α-hetero) is 1. The first kappa shape index (κ1) is 11.0. The van der Waals surface area contributed by atoms with E-state index >= 15 is 0 Å². The molecule has 0 amide bonds. The number of aryl methyl sites for hydroxylation is 1. The van der Waals surface area contributed by atoms with Gasteiger partial charge in [0.2, 0.25) is 0 Å². The zero-order chi connectivity index (χ0) is 10.4. The molecule has 0 aliphatic carbocycles. The average molecular weight is 190 g/mol. The van der Waals surface area contributed by atoms with Gasteiger partial charge >= 0.3 is 0 Å². The second-order valence-corrected chi connectivity index (χ2v) is 3.70. The summed E-state index contributed by atoms with van der Waals surface area (Å²) in [7, 11) is 0. The molecular formula is C13H18O. The normalized spacial score (nSPS) is 10.1. The lowest BCUT2D eigenvalue weighted by Gasteiger charge is -2.03. The third-order valence-corrected chi connectivity index (χ3v) is 2.45. The second-order valence-electron chi connectivity index (χ2n) is 3.70. The molecule has 0 bridgehead atoms. The Hall–Kier alpha value is -1.11. The number of ketones is 1. The SMILES string of the molecule is CCCCCC(=O)c1ccccc1C. The molecule has 0 saturated carbocycles. The first-order chi connectivity index (χ1) is 6.75. The van der Waals surface area contributed by atoms with Gasteiger partial charge in [-0.05, 0) is 18.9 Å². The Morgan fingerprint density at radius 3 is 2.57 bits per heavy atom. The minimum Gasteiger partial charge on any atom is -0.294 e. The molecule has 76 valence electrons. The van der Waals surface area contributed by atoms with Crippen molar-refractivity contribution >= 4 is 5.78 Å². The highest BCUT2D eigenvalue weighted by Gasteiger charge is 2.06. The Bertz CT molecular complexity index is 302. The van der Waals surface area contributed by atoms with Gasteiger partial charge in [0, 0.05) is 12.0 Å². The van der Waals surface area contributed by atoms with E-state index in [4.69, 9.17) is 0 Å². The first-order valence-corrected chi connectivity index (χ1v) is 5.34. The lowest BCUT2D eigenvalue weighted by molar-refractivity contribution is 0.0978. The minimum absolute atomic E-state index is 0.288. The summed E-state index contributed by atoms with van der Waals surface area (Å²) < 4.78 is 0. The Morgan fingerprint density at radius 2 is 1.93 bits per heavy atom. The summed E-state index contributed by atoms with van der Waals surface area (Å²) in [5.41, 5.74) is 1.98. The van der Waals surface area contributed by atoms with Gasteiger partial charge in [-0.3, -0.25) is 4.79 Å². The van der Waals surface area contributed by atoms with Crippen LogP contribution in [0.4, 0.5) is 0 Å². The highest BCUT2D eigenvalue weighted by molar-refractivity contribution is 5.97. The lowest BCUT2D eigenvalue weighted by Crippen LogP contribution is -2.01.